The number of hydrogen-bond acceptors (Lipinski definition) is 3. The second-order valence-corrected chi connectivity index (χ2v) is 4.96. The SMILES string of the molecule is CCCCc1cc2cc([N+](=O)[O-])ccc2s1. The highest BCUT2D eigenvalue weighted by Crippen LogP contribution is 2.29. The molecule has 0 radical (unpaired) electrons. The lowest BCUT2D eigenvalue weighted by Gasteiger charge is -1.90. The van der Waals surface area contributed by atoms with Crippen LogP contribution < -0.4 is 0 Å². The first-order valence-electron chi connectivity index (χ1n) is 5.37. The third kappa shape index (κ3) is 2.22. The summed E-state index contributed by atoms with van der Waals surface area (Å²) in [5, 5.41) is 11.6. The number of thiophene rings is 1. The molecule has 16 heavy (non-hydrogen) atoms. The van der Waals surface area contributed by atoms with Gasteiger partial charge in [-0.25, -0.2) is 0 Å². The van der Waals surface area contributed by atoms with Gasteiger partial charge in [0, 0.05) is 21.7 Å². The molecular weight excluding hydrogens is 222 g/mol. The van der Waals surface area contributed by atoms with Crippen LogP contribution in [0, 0.1) is 10.1 Å². The zero-order valence-corrected chi connectivity index (χ0v) is 9.92. The summed E-state index contributed by atoms with van der Waals surface area (Å²) < 4.78 is 1.14. The van der Waals surface area contributed by atoms with E-state index in [1.165, 1.54) is 17.7 Å². The number of aryl methyl sites for hydroxylation is 1. The largest absolute Gasteiger partial charge is 0.270 e. The smallest absolute Gasteiger partial charge is 0.258 e. The highest BCUT2D eigenvalue weighted by Gasteiger charge is 2.08. The van der Waals surface area contributed by atoms with E-state index in [9.17, 15) is 10.1 Å². The van der Waals surface area contributed by atoms with E-state index in [1.54, 1.807) is 23.5 Å². The van der Waals surface area contributed by atoms with Crippen LogP contribution in [-0.4, -0.2) is 4.92 Å². The average molecular weight is 235 g/mol. The van der Waals surface area contributed by atoms with Crippen LogP contribution in [0.5, 0.6) is 0 Å². The van der Waals surface area contributed by atoms with Gasteiger partial charge in [0.25, 0.3) is 5.69 Å². The van der Waals surface area contributed by atoms with Crippen LogP contribution in [0.1, 0.15) is 24.6 Å². The van der Waals surface area contributed by atoms with Gasteiger partial charge in [0.15, 0.2) is 0 Å². The summed E-state index contributed by atoms with van der Waals surface area (Å²) in [7, 11) is 0. The van der Waals surface area contributed by atoms with Gasteiger partial charge in [-0.1, -0.05) is 13.3 Å². The van der Waals surface area contributed by atoms with Crippen LogP contribution in [0.25, 0.3) is 10.1 Å². The van der Waals surface area contributed by atoms with Gasteiger partial charge in [0.1, 0.15) is 0 Å². The fourth-order valence-electron chi connectivity index (χ4n) is 1.67. The Labute approximate surface area is 97.9 Å². The van der Waals surface area contributed by atoms with Gasteiger partial charge in [-0.3, -0.25) is 10.1 Å². The Morgan fingerprint density at radius 2 is 2.19 bits per heavy atom. The molecule has 0 saturated heterocycles. The number of unbranched alkanes of at least 4 members (excludes halogenated alkanes) is 1. The van der Waals surface area contributed by atoms with Gasteiger partial charge in [-0.15, -0.1) is 11.3 Å². The molecule has 0 fully saturated rings. The van der Waals surface area contributed by atoms with Crippen molar-refractivity contribution in [1.82, 2.24) is 0 Å². The van der Waals surface area contributed by atoms with Gasteiger partial charge in [0.05, 0.1) is 4.92 Å². The molecule has 0 bridgehead atoms. The molecule has 0 aliphatic carbocycles. The highest BCUT2D eigenvalue weighted by atomic mass is 32.1. The fourth-order valence-corrected chi connectivity index (χ4v) is 2.76. The van der Waals surface area contributed by atoms with Crippen LogP contribution in [0.3, 0.4) is 0 Å². The number of nitro benzene ring substituents is 1. The number of non-ortho nitro benzene ring substituents is 1. The Kier molecular flexibility index (Phi) is 3.19. The Morgan fingerprint density at radius 1 is 1.38 bits per heavy atom. The summed E-state index contributed by atoms with van der Waals surface area (Å²) in [5.41, 5.74) is 0.173. The minimum absolute atomic E-state index is 0.173. The average Bonchev–Trinajstić information content (AvgIpc) is 2.67. The first kappa shape index (κ1) is 11.1. The predicted molar refractivity (Wildman–Crippen MR) is 67.1 cm³/mol. The normalized spacial score (nSPS) is 10.8. The number of rotatable bonds is 4. The van der Waals surface area contributed by atoms with Gasteiger partial charge >= 0.3 is 0 Å². The molecule has 84 valence electrons. The number of benzene rings is 1. The maximum atomic E-state index is 10.6. The van der Waals surface area contributed by atoms with E-state index < -0.39 is 0 Å². The van der Waals surface area contributed by atoms with E-state index in [0.29, 0.717) is 0 Å². The molecule has 4 heteroatoms. The van der Waals surface area contributed by atoms with Crippen molar-refractivity contribution in [3.8, 4) is 0 Å². The minimum Gasteiger partial charge on any atom is -0.258 e. The van der Waals surface area contributed by atoms with Gasteiger partial charge in [-0.2, -0.15) is 0 Å². The van der Waals surface area contributed by atoms with Gasteiger partial charge < -0.3 is 0 Å². The quantitative estimate of drug-likeness (QED) is 0.590. The molecule has 2 aromatic rings. The summed E-state index contributed by atoms with van der Waals surface area (Å²) in [6.07, 6.45) is 3.42. The molecule has 0 aliphatic heterocycles. The van der Waals surface area contributed by atoms with Crippen molar-refractivity contribution in [3.05, 3.63) is 39.3 Å². The number of nitro groups is 1. The fraction of sp³-hybridized carbons (Fsp3) is 0.333. The van der Waals surface area contributed by atoms with Crippen LogP contribution >= 0.6 is 11.3 Å². The highest BCUT2D eigenvalue weighted by molar-refractivity contribution is 7.19. The van der Waals surface area contributed by atoms with E-state index in [4.69, 9.17) is 0 Å². The minimum atomic E-state index is -0.344. The van der Waals surface area contributed by atoms with Crippen LogP contribution in [0.15, 0.2) is 24.3 Å². The topological polar surface area (TPSA) is 43.1 Å². The molecule has 1 aromatic carbocycles. The second-order valence-electron chi connectivity index (χ2n) is 3.80. The van der Waals surface area contributed by atoms with Crippen LogP contribution in [0.4, 0.5) is 5.69 Å². The van der Waals surface area contributed by atoms with Crippen molar-refractivity contribution in [2.45, 2.75) is 26.2 Å². The Hall–Kier alpha value is -1.42. The zero-order valence-electron chi connectivity index (χ0n) is 9.10. The number of nitrogens with zero attached hydrogens (tertiary/aromatic N) is 1. The van der Waals surface area contributed by atoms with E-state index >= 15 is 0 Å². The van der Waals surface area contributed by atoms with E-state index in [2.05, 4.69) is 13.0 Å². The molecule has 0 amide bonds. The molecule has 2 rings (SSSR count). The summed E-state index contributed by atoms with van der Waals surface area (Å²) >= 11 is 1.74. The molecule has 0 atom stereocenters. The van der Waals surface area contributed by atoms with Gasteiger partial charge in [0.2, 0.25) is 0 Å². The molecule has 0 unspecified atom stereocenters. The molecule has 0 spiro atoms. The standard InChI is InChI=1S/C12H13NO2S/c1-2-3-4-11-8-9-7-10(13(14)15)5-6-12(9)16-11/h5-8H,2-4H2,1H3. The summed E-state index contributed by atoms with van der Waals surface area (Å²) in [6, 6.07) is 7.14. The lowest BCUT2D eigenvalue weighted by atomic mass is 10.2. The molecule has 0 saturated carbocycles. The molecule has 1 aromatic heterocycles. The third-order valence-corrected chi connectivity index (χ3v) is 3.71. The summed E-state index contributed by atoms with van der Waals surface area (Å²) in [6.45, 7) is 2.16. The van der Waals surface area contributed by atoms with E-state index in [-0.39, 0.29) is 10.6 Å². The van der Waals surface area contributed by atoms with Crippen LogP contribution in [0.2, 0.25) is 0 Å². The molecular formula is C12H13NO2S. The monoisotopic (exact) mass is 235 g/mol. The Bertz CT molecular complexity index is 519. The predicted octanol–water partition coefficient (Wildman–Crippen LogP) is 4.15. The number of fused-ring (bicyclic) bond motifs is 1. The Balaban J connectivity index is 2.34. The first-order chi connectivity index (χ1) is 7.70. The molecule has 0 aliphatic rings. The van der Waals surface area contributed by atoms with E-state index in [0.717, 1.165) is 16.5 Å². The van der Waals surface area contributed by atoms with Crippen molar-refractivity contribution < 1.29 is 4.92 Å². The van der Waals surface area contributed by atoms with E-state index in [1.807, 2.05) is 6.07 Å². The second kappa shape index (κ2) is 4.61. The maximum Gasteiger partial charge on any atom is 0.270 e. The summed E-state index contributed by atoms with van der Waals surface area (Å²) in [5.74, 6) is 0. The van der Waals surface area contributed by atoms with Crippen molar-refractivity contribution in [2.24, 2.45) is 0 Å². The maximum absolute atomic E-state index is 10.6. The zero-order chi connectivity index (χ0) is 11.5. The molecule has 1 heterocycles. The van der Waals surface area contributed by atoms with Crippen molar-refractivity contribution in [1.29, 1.82) is 0 Å². The van der Waals surface area contributed by atoms with Crippen LogP contribution in [-0.2, 0) is 6.42 Å². The lowest BCUT2D eigenvalue weighted by Crippen LogP contribution is -1.85. The van der Waals surface area contributed by atoms with Crippen molar-refractivity contribution in [3.63, 3.8) is 0 Å². The van der Waals surface area contributed by atoms with Crippen molar-refractivity contribution >= 4 is 27.1 Å². The third-order valence-electron chi connectivity index (χ3n) is 2.54. The lowest BCUT2D eigenvalue weighted by molar-refractivity contribution is -0.384. The Morgan fingerprint density at radius 3 is 2.88 bits per heavy atom. The summed E-state index contributed by atoms with van der Waals surface area (Å²) in [4.78, 5) is 11.6. The van der Waals surface area contributed by atoms with Gasteiger partial charge in [-0.05, 0) is 30.4 Å². The number of hydrogen-bond donors (Lipinski definition) is 0. The molecule has 0 N–H and O–H groups in total. The van der Waals surface area contributed by atoms with Crippen molar-refractivity contribution in [2.75, 3.05) is 0 Å². The molecule has 3 nitrogen and oxygen atoms in total. The first-order valence-corrected chi connectivity index (χ1v) is 6.19.